The van der Waals surface area contributed by atoms with Crippen LogP contribution in [0.2, 0.25) is 0 Å². The van der Waals surface area contributed by atoms with E-state index in [1.165, 1.54) is 54.1 Å². The molecule has 41 heavy (non-hydrogen) atoms. The zero-order valence-electron chi connectivity index (χ0n) is 23.0. The lowest BCUT2D eigenvalue weighted by Crippen LogP contribution is -1.93. The Morgan fingerprint density at radius 2 is 1.15 bits per heavy atom. The van der Waals surface area contributed by atoms with E-state index in [2.05, 4.69) is 125 Å². The molecule has 4 aromatic carbocycles. The summed E-state index contributed by atoms with van der Waals surface area (Å²) in [4.78, 5) is 11.6. The summed E-state index contributed by atoms with van der Waals surface area (Å²) >= 11 is 1.79. The average Bonchev–Trinajstić information content (AvgIpc) is 3.73. The number of aryl methyl sites for hydroxylation is 2. The first kappa shape index (κ1) is 24.1. The van der Waals surface area contributed by atoms with Gasteiger partial charge >= 0.3 is 0 Å². The van der Waals surface area contributed by atoms with E-state index in [0.717, 1.165) is 34.8 Å². The molecule has 0 atom stereocenters. The number of thiophene rings is 1. The summed E-state index contributed by atoms with van der Waals surface area (Å²) in [6.45, 7) is 6.31. The normalized spacial score (nSPS) is 11.9. The second kappa shape index (κ2) is 9.43. The predicted molar refractivity (Wildman–Crippen MR) is 174 cm³/mol. The Balaban J connectivity index is 1.23. The molecular formula is C36H28N4S. The molecule has 0 aliphatic rings. The predicted octanol–water partition coefficient (Wildman–Crippen LogP) is 9.79. The number of rotatable bonds is 5. The zero-order valence-corrected chi connectivity index (χ0v) is 23.8. The SMILES string of the molecule is CCn1c2ccccc2c2cc(-c3ccc(-c4ncncc4-c4ccc5c(c4)c4ccccc4n5CC)s3)ccc21. The maximum Gasteiger partial charge on any atom is 0.116 e. The number of para-hydroxylation sites is 2. The highest BCUT2D eigenvalue weighted by Gasteiger charge is 2.16. The Morgan fingerprint density at radius 3 is 1.80 bits per heavy atom. The van der Waals surface area contributed by atoms with Gasteiger partial charge in [-0.3, -0.25) is 0 Å². The van der Waals surface area contributed by atoms with Crippen LogP contribution in [0.4, 0.5) is 0 Å². The minimum absolute atomic E-state index is 0.936. The van der Waals surface area contributed by atoms with Crippen molar-refractivity contribution in [3.8, 4) is 32.1 Å². The van der Waals surface area contributed by atoms with E-state index in [1.807, 2.05) is 6.20 Å². The van der Waals surface area contributed by atoms with Gasteiger partial charge in [0, 0.05) is 73.3 Å². The topological polar surface area (TPSA) is 35.6 Å². The summed E-state index contributed by atoms with van der Waals surface area (Å²) in [5.74, 6) is 0. The maximum absolute atomic E-state index is 4.79. The molecule has 0 radical (unpaired) electrons. The fraction of sp³-hybridized carbons (Fsp3) is 0.111. The van der Waals surface area contributed by atoms with Crippen molar-refractivity contribution in [3.05, 3.63) is 110 Å². The number of hydrogen-bond acceptors (Lipinski definition) is 3. The molecule has 0 N–H and O–H groups in total. The van der Waals surface area contributed by atoms with Gasteiger partial charge in [-0.25, -0.2) is 9.97 Å². The Hall–Kier alpha value is -4.74. The van der Waals surface area contributed by atoms with Crippen LogP contribution in [-0.2, 0) is 13.1 Å². The van der Waals surface area contributed by atoms with Crippen molar-refractivity contribution in [2.45, 2.75) is 26.9 Å². The van der Waals surface area contributed by atoms with Crippen molar-refractivity contribution in [2.75, 3.05) is 0 Å². The van der Waals surface area contributed by atoms with E-state index in [-0.39, 0.29) is 0 Å². The zero-order chi connectivity index (χ0) is 27.5. The number of nitrogens with zero attached hydrogens (tertiary/aromatic N) is 4. The van der Waals surface area contributed by atoms with Crippen molar-refractivity contribution in [1.29, 1.82) is 0 Å². The van der Waals surface area contributed by atoms with Crippen molar-refractivity contribution in [2.24, 2.45) is 0 Å². The van der Waals surface area contributed by atoms with E-state index in [1.54, 1.807) is 17.7 Å². The maximum atomic E-state index is 4.79. The number of aromatic nitrogens is 4. The molecule has 4 heterocycles. The smallest absolute Gasteiger partial charge is 0.116 e. The molecule has 0 aliphatic heterocycles. The van der Waals surface area contributed by atoms with Gasteiger partial charge in [0.1, 0.15) is 6.33 Å². The fourth-order valence-corrected chi connectivity index (χ4v) is 7.48. The minimum atomic E-state index is 0.936. The first-order chi connectivity index (χ1) is 20.2. The van der Waals surface area contributed by atoms with Gasteiger partial charge in [-0.2, -0.15) is 0 Å². The number of benzene rings is 4. The molecule has 0 unspecified atom stereocenters. The second-order valence-electron chi connectivity index (χ2n) is 10.4. The van der Waals surface area contributed by atoms with Crippen LogP contribution in [0.3, 0.4) is 0 Å². The van der Waals surface area contributed by atoms with Crippen molar-refractivity contribution >= 4 is 54.9 Å². The molecule has 8 aromatic rings. The van der Waals surface area contributed by atoms with Gasteiger partial charge in [-0.1, -0.05) is 48.5 Å². The minimum Gasteiger partial charge on any atom is -0.341 e. The largest absolute Gasteiger partial charge is 0.341 e. The van der Waals surface area contributed by atoms with E-state index in [0.29, 0.717) is 0 Å². The Bertz CT molecular complexity index is 2250. The molecule has 8 rings (SSSR count). The number of hydrogen-bond donors (Lipinski definition) is 0. The van der Waals surface area contributed by atoms with Crippen molar-refractivity contribution in [1.82, 2.24) is 19.1 Å². The van der Waals surface area contributed by atoms with Crippen LogP contribution in [0.5, 0.6) is 0 Å². The van der Waals surface area contributed by atoms with E-state index >= 15 is 0 Å². The molecule has 0 amide bonds. The molecule has 0 saturated heterocycles. The fourth-order valence-electron chi connectivity index (χ4n) is 6.47. The van der Waals surface area contributed by atoms with E-state index in [4.69, 9.17) is 4.98 Å². The molecule has 198 valence electrons. The van der Waals surface area contributed by atoms with Gasteiger partial charge in [-0.15, -0.1) is 11.3 Å². The van der Waals surface area contributed by atoms with Gasteiger partial charge < -0.3 is 9.13 Å². The third kappa shape index (κ3) is 3.66. The summed E-state index contributed by atoms with van der Waals surface area (Å²) in [6, 6.07) is 35.4. The van der Waals surface area contributed by atoms with Crippen LogP contribution in [0.1, 0.15) is 13.8 Å². The van der Waals surface area contributed by atoms with Gasteiger partial charge in [0.25, 0.3) is 0 Å². The van der Waals surface area contributed by atoms with Gasteiger partial charge in [0.2, 0.25) is 0 Å². The highest BCUT2D eigenvalue weighted by Crippen LogP contribution is 2.41. The lowest BCUT2D eigenvalue weighted by molar-refractivity contribution is 0.827. The summed E-state index contributed by atoms with van der Waals surface area (Å²) in [7, 11) is 0. The third-order valence-electron chi connectivity index (χ3n) is 8.32. The second-order valence-corrected chi connectivity index (χ2v) is 11.5. The third-order valence-corrected chi connectivity index (χ3v) is 9.47. The van der Waals surface area contributed by atoms with Crippen LogP contribution >= 0.6 is 11.3 Å². The van der Waals surface area contributed by atoms with E-state index < -0.39 is 0 Å². The van der Waals surface area contributed by atoms with E-state index in [9.17, 15) is 0 Å². The van der Waals surface area contributed by atoms with Crippen LogP contribution in [0.15, 0.2) is 110 Å². The van der Waals surface area contributed by atoms with Crippen LogP contribution < -0.4 is 0 Å². The van der Waals surface area contributed by atoms with Crippen LogP contribution in [0.25, 0.3) is 75.8 Å². The van der Waals surface area contributed by atoms with Gasteiger partial charge in [-0.05, 0) is 73.5 Å². The monoisotopic (exact) mass is 548 g/mol. The Kier molecular flexibility index (Phi) is 5.54. The lowest BCUT2D eigenvalue weighted by atomic mass is 10.0. The Morgan fingerprint density at radius 1 is 0.585 bits per heavy atom. The average molecular weight is 549 g/mol. The number of fused-ring (bicyclic) bond motifs is 6. The highest BCUT2D eigenvalue weighted by atomic mass is 32.1. The quantitative estimate of drug-likeness (QED) is 0.215. The molecule has 0 aliphatic carbocycles. The summed E-state index contributed by atoms with van der Waals surface area (Å²) in [6.07, 6.45) is 3.61. The standard InChI is InChI=1S/C36H28N4S/c1-3-39-30-11-7-5-9-25(30)27-19-23(13-15-32(27)39)29-21-37-22-38-36(29)35-18-17-34(41-35)24-14-16-33-28(20-24)26-10-6-8-12-31(26)40(33)4-2/h5-22H,3-4H2,1-2H3. The molecule has 0 spiro atoms. The highest BCUT2D eigenvalue weighted by molar-refractivity contribution is 7.18. The molecule has 0 fully saturated rings. The molecule has 0 bridgehead atoms. The Labute approximate surface area is 242 Å². The summed E-state index contributed by atoms with van der Waals surface area (Å²) < 4.78 is 4.79. The molecule has 4 aromatic heterocycles. The lowest BCUT2D eigenvalue weighted by Gasteiger charge is -2.08. The molecular weight excluding hydrogens is 520 g/mol. The van der Waals surface area contributed by atoms with Crippen molar-refractivity contribution < 1.29 is 0 Å². The van der Waals surface area contributed by atoms with Gasteiger partial charge in [0.15, 0.2) is 0 Å². The van der Waals surface area contributed by atoms with Crippen LogP contribution in [0, 0.1) is 0 Å². The van der Waals surface area contributed by atoms with Crippen molar-refractivity contribution in [3.63, 3.8) is 0 Å². The van der Waals surface area contributed by atoms with Crippen LogP contribution in [-0.4, -0.2) is 19.1 Å². The first-order valence-corrected chi connectivity index (χ1v) is 15.0. The molecule has 5 heteroatoms. The molecule has 4 nitrogen and oxygen atoms in total. The summed E-state index contributed by atoms with van der Waals surface area (Å²) in [5.41, 5.74) is 9.50. The summed E-state index contributed by atoms with van der Waals surface area (Å²) in [5, 5.41) is 5.15. The first-order valence-electron chi connectivity index (χ1n) is 14.2. The molecule has 0 saturated carbocycles. The van der Waals surface area contributed by atoms with Gasteiger partial charge in [0.05, 0.1) is 10.6 Å².